The average Bonchev–Trinajstić information content (AvgIpc) is 2.92. The monoisotopic (exact) mass is 280 g/mol. The molecule has 3 heterocycles. The van der Waals surface area contributed by atoms with Gasteiger partial charge < -0.3 is 9.64 Å². The van der Waals surface area contributed by atoms with Gasteiger partial charge in [-0.15, -0.1) is 0 Å². The summed E-state index contributed by atoms with van der Waals surface area (Å²) in [5.74, 6) is 1.03. The lowest BCUT2D eigenvalue weighted by atomic mass is 10.3. The Morgan fingerprint density at radius 3 is 2.89 bits per heavy atom. The summed E-state index contributed by atoms with van der Waals surface area (Å²) < 4.78 is 7.20. The van der Waals surface area contributed by atoms with Crippen molar-refractivity contribution in [3.63, 3.8) is 0 Å². The number of anilines is 1. The van der Waals surface area contributed by atoms with Crippen molar-refractivity contribution >= 4 is 17.5 Å². The number of hydrogen-bond acceptors (Lipinski definition) is 6. The van der Waals surface area contributed by atoms with Crippen LogP contribution in [0.15, 0.2) is 18.7 Å². The lowest BCUT2D eigenvalue weighted by Crippen LogP contribution is -2.42. The van der Waals surface area contributed by atoms with Crippen molar-refractivity contribution in [1.29, 1.82) is 0 Å². The molecular formula is C11H13ClN6O. The SMILES string of the molecule is CC1CN(c2nc(Cl)nc(-n3ccnc3)n2)CCO1. The molecule has 0 aliphatic carbocycles. The van der Waals surface area contributed by atoms with Crippen LogP contribution >= 0.6 is 11.6 Å². The Bertz CT molecular complexity index is 560. The molecule has 0 aromatic carbocycles. The van der Waals surface area contributed by atoms with E-state index >= 15 is 0 Å². The first-order chi connectivity index (χ1) is 9.22. The minimum absolute atomic E-state index is 0.154. The zero-order valence-corrected chi connectivity index (χ0v) is 11.2. The van der Waals surface area contributed by atoms with Crippen LogP contribution in [0.4, 0.5) is 5.95 Å². The molecule has 7 nitrogen and oxygen atoms in total. The Morgan fingerprint density at radius 1 is 1.32 bits per heavy atom. The van der Waals surface area contributed by atoms with Gasteiger partial charge in [-0.2, -0.15) is 15.0 Å². The fourth-order valence-corrected chi connectivity index (χ4v) is 2.12. The number of imidazole rings is 1. The lowest BCUT2D eigenvalue weighted by Gasteiger charge is -2.31. The summed E-state index contributed by atoms with van der Waals surface area (Å²) in [6, 6.07) is 0. The van der Waals surface area contributed by atoms with Gasteiger partial charge in [0.1, 0.15) is 6.33 Å². The van der Waals surface area contributed by atoms with Crippen LogP contribution in [0.1, 0.15) is 6.92 Å². The lowest BCUT2D eigenvalue weighted by molar-refractivity contribution is 0.0526. The van der Waals surface area contributed by atoms with Crippen LogP contribution in [0.3, 0.4) is 0 Å². The van der Waals surface area contributed by atoms with Gasteiger partial charge in [-0.3, -0.25) is 4.57 Å². The summed E-state index contributed by atoms with van der Waals surface area (Å²) in [4.78, 5) is 18.7. The molecule has 0 bridgehead atoms. The van der Waals surface area contributed by atoms with E-state index in [0.29, 0.717) is 18.5 Å². The molecule has 1 fully saturated rings. The standard InChI is InChI=1S/C11H13ClN6O/c1-8-6-17(4-5-19-8)10-14-9(12)15-11(16-10)18-3-2-13-7-18/h2-3,7-8H,4-6H2,1H3. The first-order valence-corrected chi connectivity index (χ1v) is 6.36. The molecule has 1 unspecified atom stereocenters. The molecule has 0 saturated carbocycles. The second-order valence-electron chi connectivity index (χ2n) is 4.30. The molecule has 1 aliphatic rings. The maximum absolute atomic E-state index is 5.97. The molecule has 8 heteroatoms. The van der Waals surface area contributed by atoms with E-state index in [2.05, 4.69) is 19.9 Å². The van der Waals surface area contributed by atoms with E-state index in [1.54, 1.807) is 23.3 Å². The summed E-state index contributed by atoms with van der Waals surface area (Å²) in [5.41, 5.74) is 0. The van der Waals surface area contributed by atoms with Gasteiger partial charge in [0.05, 0.1) is 12.7 Å². The van der Waals surface area contributed by atoms with Crippen LogP contribution in [0.5, 0.6) is 0 Å². The smallest absolute Gasteiger partial charge is 0.241 e. The van der Waals surface area contributed by atoms with Gasteiger partial charge in [-0.05, 0) is 18.5 Å². The third kappa shape index (κ3) is 2.66. The fourth-order valence-electron chi connectivity index (χ4n) is 1.96. The summed E-state index contributed by atoms with van der Waals surface area (Å²) in [6.45, 7) is 4.16. The molecular weight excluding hydrogens is 268 g/mol. The first-order valence-electron chi connectivity index (χ1n) is 5.99. The molecule has 2 aromatic rings. The van der Waals surface area contributed by atoms with Crippen molar-refractivity contribution in [2.75, 3.05) is 24.6 Å². The van der Waals surface area contributed by atoms with E-state index in [9.17, 15) is 0 Å². The van der Waals surface area contributed by atoms with E-state index < -0.39 is 0 Å². The van der Waals surface area contributed by atoms with E-state index in [0.717, 1.165) is 13.1 Å². The van der Waals surface area contributed by atoms with Crippen molar-refractivity contribution in [3.8, 4) is 5.95 Å². The maximum Gasteiger partial charge on any atom is 0.241 e. The van der Waals surface area contributed by atoms with Gasteiger partial charge in [0.15, 0.2) is 0 Å². The van der Waals surface area contributed by atoms with Crippen LogP contribution < -0.4 is 4.90 Å². The summed E-state index contributed by atoms with van der Waals surface area (Å²) in [7, 11) is 0. The van der Waals surface area contributed by atoms with E-state index in [1.165, 1.54) is 0 Å². The predicted molar refractivity (Wildman–Crippen MR) is 69.6 cm³/mol. The highest BCUT2D eigenvalue weighted by Crippen LogP contribution is 2.16. The van der Waals surface area contributed by atoms with Crippen molar-refractivity contribution in [3.05, 3.63) is 24.0 Å². The highest BCUT2D eigenvalue weighted by atomic mass is 35.5. The molecule has 2 aromatic heterocycles. The van der Waals surface area contributed by atoms with E-state index in [4.69, 9.17) is 16.3 Å². The number of nitrogens with zero attached hydrogens (tertiary/aromatic N) is 6. The van der Waals surface area contributed by atoms with Crippen molar-refractivity contribution in [1.82, 2.24) is 24.5 Å². The number of hydrogen-bond donors (Lipinski definition) is 0. The van der Waals surface area contributed by atoms with Crippen LogP contribution in [0.2, 0.25) is 5.28 Å². The van der Waals surface area contributed by atoms with Crippen LogP contribution in [0, 0.1) is 0 Å². The molecule has 0 amide bonds. The molecule has 0 radical (unpaired) electrons. The van der Waals surface area contributed by atoms with Crippen LogP contribution in [0.25, 0.3) is 5.95 Å². The van der Waals surface area contributed by atoms with E-state index in [1.807, 2.05) is 11.8 Å². The molecule has 19 heavy (non-hydrogen) atoms. The number of rotatable bonds is 2. The molecule has 0 spiro atoms. The van der Waals surface area contributed by atoms with E-state index in [-0.39, 0.29) is 11.4 Å². The predicted octanol–water partition coefficient (Wildman–Crippen LogP) is 0.936. The fraction of sp³-hybridized carbons (Fsp3) is 0.455. The largest absolute Gasteiger partial charge is 0.375 e. The number of halogens is 1. The second kappa shape index (κ2) is 5.10. The molecule has 1 atom stereocenters. The Kier molecular flexibility index (Phi) is 3.31. The van der Waals surface area contributed by atoms with Crippen molar-refractivity contribution in [2.45, 2.75) is 13.0 Å². The minimum Gasteiger partial charge on any atom is -0.375 e. The van der Waals surface area contributed by atoms with Crippen molar-refractivity contribution in [2.24, 2.45) is 0 Å². The Labute approximate surface area is 115 Å². The Hall–Kier alpha value is -1.73. The highest BCUT2D eigenvalue weighted by Gasteiger charge is 2.20. The van der Waals surface area contributed by atoms with Crippen LogP contribution in [-0.4, -0.2) is 50.3 Å². The van der Waals surface area contributed by atoms with Gasteiger partial charge in [-0.25, -0.2) is 4.98 Å². The quantitative estimate of drug-likeness (QED) is 0.815. The maximum atomic E-state index is 5.97. The summed E-state index contributed by atoms with van der Waals surface area (Å²) in [6.07, 6.45) is 5.20. The molecule has 1 aliphatic heterocycles. The third-order valence-corrected chi connectivity index (χ3v) is 3.01. The summed E-state index contributed by atoms with van der Waals surface area (Å²) in [5, 5.41) is 0.174. The third-order valence-electron chi connectivity index (χ3n) is 2.84. The number of aromatic nitrogens is 5. The van der Waals surface area contributed by atoms with Gasteiger partial charge in [0, 0.05) is 25.5 Å². The molecule has 100 valence electrons. The topological polar surface area (TPSA) is 69.0 Å². The number of ether oxygens (including phenoxy) is 1. The first kappa shape index (κ1) is 12.3. The van der Waals surface area contributed by atoms with Gasteiger partial charge in [-0.1, -0.05) is 0 Å². The van der Waals surface area contributed by atoms with Gasteiger partial charge in [0.2, 0.25) is 17.2 Å². The van der Waals surface area contributed by atoms with Crippen LogP contribution in [-0.2, 0) is 4.74 Å². The zero-order valence-electron chi connectivity index (χ0n) is 10.4. The van der Waals surface area contributed by atoms with Gasteiger partial charge in [0.25, 0.3) is 0 Å². The Balaban J connectivity index is 1.93. The molecule has 3 rings (SSSR count). The van der Waals surface area contributed by atoms with Gasteiger partial charge >= 0.3 is 0 Å². The van der Waals surface area contributed by atoms with Crippen molar-refractivity contribution < 1.29 is 4.74 Å². The molecule has 1 saturated heterocycles. The second-order valence-corrected chi connectivity index (χ2v) is 4.64. The minimum atomic E-state index is 0.154. The normalized spacial score (nSPS) is 19.7. The average molecular weight is 281 g/mol. The molecule has 0 N–H and O–H groups in total. The number of morpholine rings is 1. The zero-order chi connectivity index (χ0) is 13.2. The summed E-state index contributed by atoms with van der Waals surface area (Å²) >= 11 is 5.97. The highest BCUT2D eigenvalue weighted by molar-refractivity contribution is 6.28. The Morgan fingerprint density at radius 2 is 2.16 bits per heavy atom.